The number of hydrogen-bond donors (Lipinski definition) is 1. The average molecular weight is 307 g/mol. The zero-order chi connectivity index (χ0) is 15.6. The van der Waals surface area contributed by atoms with Crippen LogP contribution in [0.4, 0.5) is 0 Å². The molecule has 0 aliphatic carbocycles. The second-order valence-electron chi connectivity index (χ2n) is 4.43. The zero-order valence-electron chi connectivity index (χ0n) is 12.6. The highest BCUT2D eigenvalue weighted by Gasteiger charge is 2.20. The molecule has 1 unspecified atom stereocenters. The van der Waals surface area contributed by atoms with Crippen LogP contribution in [0.25, 0.3) is 0 Å². The van der Waals surface area contributed by atoms with E-state index in [1.807, 2.05) is 0 Å². The molecule has 7 heteroatoms. The van der Waals surface area contributed by atoms with Gasteiger partial charge in [0.2, 0.25) is 5.91 Å². The van der Waals surface area contributed by atoms with Crippen LogP contribution in [-0.4, -0.2) is 46.0 Å². The lowest BCUT2D eigenvalue weighted by Crippen LogP contribution is -2.35. The van der Waals surface area contributed by atoms with Crippen molar-refractivity contribution in [3.05, 3.63) is 11.6 Å². The molecule has 0 saturated carbocycles. The number of ether oxygens (including phenoxy) is 2. The molecule has 0 rings (SSSR count). The van der Waals surface area contributed by atoms with Crippen LogP contribution < -0.4 is 5.32 Å². The largest absolute Gasteiger partial charge is 0.377 e. The molecule has 0 spiro atoms. The van der Waals surface area contributed by atoms with E-state index in [0.717, 1.165) is 12.8 Å². The van der Waals surface area contributed by atoms with Crippen molar-refractivity contribution in [1.29, 1.82) is 0 Å². The summed E-state index contributed by atoms with van der Waals surface area (Å²) in [6.07, 6.45) is 3.67. The Morgan fingerprint density at radius 2 is 2.05 bits per heavy atom. The molecule has 0 radical (unpaired) electrons. The molecule has 0 fully saturated rings. The molecule has 0 aromatic rings. The van der Waals surface area contributed by atoms with Crippen LogP contribution in [0, 0.1) is 0 Å². The molecule has 1 atom stereocenters. The highest BCUT2D eigenvalue weighted by Crippen LogP contribution is 2.01. The molecule has 6 nitrogen and oxygen atoms in total. The molecule has 0 aromatic heterocycles. The van der Waals surface area contributed by atoms with Gasteiger partial charge in [-0.05, 0) is 20.3 Å². The fraction of sp³-hybridized carbons (Fsp3) is 0.769. The fourth-order valence-electron chi connectivity index (χ4n) is 1.18. The van der Waals surface area contributed by atoms with Gasteiger partial charge < -0.3 is 14.8 Å². The summed E-state index contributed by atoms with van der Waals surface area (Å²) in [5, 5.41) is 2.36. The molecule has 118 valence electrons. The molecule has 0 aromatic carbocycles. The summed E-state index contributed by atoms with van der Waals surface area (Å²) < 4.78 is 33.3. The molecular weight excluding hydrogens is 282 g/mol. The predicted molar refractivity (Wildman–Crippen MR) is 77.9 cm³/mol. The van der Waals surface area contributed by atoms with Gasteiger partial charge >= 0.3 is 0 Å². The van der Waals surface area contributed by atoms with Gasteiger partial charge in [-0.3, -0.25) is 4.79 Å². The lowest BCUT2D eigenvalue weighted by atomic mass is 10.3. The Morgan fingerprint density at radius 3 is 2.60 bits per heavy atom. The van der Waals surface area contributed by atoms with E-state index >= 15 is 0 Å². The van der Waals surface area contributed by atoms with Gasteiger partial charge in [0, 0.05) is 19.3 Å². The van der Waals surface area contributed by atoms with E-state index in [1.54, 1.807) is 13.0 Å². The first-order valence-corrected chi connectivity index (χ1v) is 8.33. The lowest BCUT2D eigenvalue weighted by molar-refractivity contribution is -0.117. The quantitative estimate of drug-likeness (QED) is 0.485. The summed E-state index contributed by atoms with van der Waals surface area (Å²) in [4.78, 5) is 11.7. The van der Waals surface area contributed by atoms with Crippen molar-refractivity contribution in [2.75, 3.05) is 26.2 Å². The SMILES string of the molecule is CCCCOCC=C(C)C(=O)NCS(=O)(=O)C(C)OC. The van der Waals surface area contributed by atoms with Crippen LogP contribution in [0.1, 0.15) is 33.6 Å². The molecule has 0 aliphatic rings. The van der Waals surface area contributed by atoms with Crippen LogP contribution in [0.15, 0.2) is 11.6 Å². The van der Waals surface area contributed by atoms with E-state index in [-0.39, 0.29) is 0 Å². The summed E-state index contributed by atoms with van der Waals surface area (Å²) in [6.45, 7) is 6.11. The summed E-state index contributed by atoms with van der Waals surface area (Å²) >= 11 is 0. The second-order valence-corrected chi connectivity index (χ2v) is 6.71. The van der Waals surface area contributed by atoms with E-state index < -0.39 is 27.1 Å². The van der Waals surface area contributed by atoms with Crippen LogP contribution in [0.2, 0.25) is 0 Å². The average Bonchev–Trinajstić information content (AvgIpc) is 2.43. The lowest BCUT2D eigenvalue weighted by Gasteiger charge is -2.12. The molecule has 0 saturated heterocycles. The monoisotopic (exact) mass is 307 g/mol. The Bertz CT molecular complexity index is 416. The molecule has 0 heterocycles. The molecule has 0 bridgehead atoms. The van der Waals surface area contributed by atoms with Gasteiger partial charge in [0.05, 0.1) is 6.61 Å². The highest BCUT2D eigenvalue weighted by molar-refractivity contribution is 7.91. The van der Waals surface area contributed by atoms with E-state index in [9.17, 15) is 13.2 Å². The topological polar surface area (TPSA) is 81.7 Å². The van der Waals surface area contributed by atoms with Crippen LogP contribution in [0.3, 0.4) is 0 Å². The van der Waals surface area contributed by atoms with Crippen molar-refractivity contribution < 1.29 is 22.7 Å². The number of carbonyl (C=O) groups excluding carboxylic acids is 1. The van der Waals surface area contributed by atoms with E-state index in [1.165, 1.54) is 14.0 Å². The predicted octanol–water partition coefficient (Wildman–Crippen LogP) is 1.23. The number of hydrogen-bond acceptors (Lipinski definition) is 5. The van der Waals surface area contributed by atoms with Crippen molar-refractivity contribution in [2.45, 2.75) is 39.0 Å². The summed E-state index contributed by atoms with van der Waals surface area (Å²) in [5.74, 6) is -0.862. The van der Waals surface area contributed by atoms with Crippen molar-refractivity contribution in [1.82, 2.24) is 5.32 Å². The second kappa shape index (κ2) is 9.90. The first-order chi connectivity index (χ1) is 9.35. The van der Waals surface area contributed by atoms with Gasteiger partial charge in [-0.2, -0.15) is 0 Å². The van der Waals surface area contributed by atoms with Crippen molar-refractivity contribution in [3.63, 3.8) is 0 Å². The Balaban J connectivity index is 4.17. The maximum absolute atomic E-state index is 11.7. The Labute approximate surface area is 121 Å². The van der Waals surface area contributed by atoms with E-state index in [4.69, 9.17) is 9.47 Å². The summed E-state index contributed by atoms with van der Waals surface area (Å²) in [5.41, 5.74) is -0.508. The van der Waals surface area contributed by atoms with Crippen molar-refractivity contribution in [2.24, 2.45) is 0 Å². The molecule has 20 heavy (non-hydrogen) atoms. The van der Waals surface area contributed by atoms with Gasteiger partial charge in [0.15, 0.2) is 15.3 Å². The van der Waals surface area contributed by atoms with Gasteiger partial charge in [-0.1, -0.05) is 19.4 Å². The van der Waals surface area contributed by atoms with Crippen LogP contribution >= 0.6 is 0 Å². The first kappa shape index (κ1) is 19.1. The summed E-state index contributed by atoms with van der Waals surface area (Å²) in [7, 11) is -2.18. The minimum Gasteiger partial charge on any atom is -0.377 e. The molecule has 1 amide bonds. The first-order valence-electron chi connectivity index (χ1n) is 6.62. The minimum absolute atomic E-state index is 0.348. The minimum atomic E-state index is -3.48. The zero-order valence-corrected chi connectivity index (χ0v) is 13.5. The van der Waals surface area contributed by atoms with Crippen molar-refractivity contribution in [3.8, 4) is 0 Å². The maximum Gasteiger partial charge on any atom is 0.247 e. The fourth-order valence-corrected chi connectivity index (χ4v) is 2.04. The number of amides is 1. The van der Waals surface area contributed by atoms with Gasteiger partial charge in [0.1, 0.15) is 5.88 Å². The maximum atomic E-state index is 11.7. The number of carbonyl (C=O) groups is 1. The van der Waals surface area contributed by atoms with E-state index in [2.05, 4.69) is 12.2 Å². The van der Waals surface area contributed by atoms with Gasteiger partial charge in [-0.15, -0.1) is 0 Å². The normalized spacial score (nSPS) is 14.1. The number of nitrogens with one attached hydrogen (secondary N) is 1. The molecular formula is C13H25NO5S. The number of rotatable bonds is 10. The van der Waals surface area contributed by atoms with Crippen LogP contribution in [0.5, 0.6) is 0 Å². The molecule has 0 aliphatic heterocycles. The molecule has 1 N–H and O–H groups in total. The smallest absolute Gasteiger partial charge is 0.247 e. The highest BCUT2D eigenvalue weighted by atomic mass is 32.2. The van der Waals surface area contributed by atoms with Crippen LogP contribution in [-0.2, 0) is 24.1 Å². The van der Waals surface area contributed by atoms with E-state index in [0.29, 0.717) is 18.8 Å². The van der Waals surface area contributed by atoms with Gasteiger partial charge in [0.25, 0.3) is 0 Å². The third kappa shape index (κ3) is 7.62. The summed E-state index contributed by atoms with van der Waals surface area (Å²) in [6, 6.07) is 0. The Hall–Kier alpha value is -0.920. The Kier molecular flexibility index (Phi) is 9.45. The Morgan fingerprint density at radius 1 is 1.40 bits per heavy atom. The third-order valence-corrected chi connectivity index (χ3v) is 4.53. The van der Waals surface area contributed by atoms with Crippen molar-refractivity contribution >= 4 is 15.7 Å². The number of unbranched alkanes of at least 4 members (excludes halogenated alkanes) is 1. The van der Waals surface area contributed by atoms with Gasteiger partial charge in [-0.25, -0.2) is 8.42 Å². The number of sulfone groups is 1. The third-order valence-electron chi connectivity index (χ3n) is 2.78. The number of methoxy groups -OCH3 is 1. The standard InChI is InChI=1S/C13H25NO5S/c1-5-6-8-19-9-7-11(2)13(15)14-10-20(16,17)12(3)18-4/h7,12H,5-6,8-10H2,1-4H3,(H,14,15).